The summed E-state index contributed by atoms with van der Waals surface area (Å²) in [5, 5.41) is 8.36. The third kappa shape index (κ3) is 4.38. The molecule has 0 fully saturated rings. The van der Waals surface area contributed by atoms with Gasteiger partial charge in [0.25, 0.3) is 0 Å². The highest BCUT2D eigenvalue weighted by atomic mass is 16.5. The van der Waals surface area contributed by atoms with Crippen LogP contribution >= 0.6 is 0 Å². The van der Waals surface area contributed by atoms with Gasteiger partial charge in [-0.05, 0) is 18.3 Å². The van der Waals surface area contributed by atoms with Gasteiger partial charge in [-0.3, -0.25) is 0 Å². The van der Waals surface area contributed by atoms with E-state index in [2.05, 4.69) is 26.3 Å². The van der Waals surface area contributed by atoms with Gasteiger partial charge >= 0.3 is 0 Å². The lowest BCUT2D eigenvalue weighted by atomic mass is 9.80. The van der Waals surface area contributed by atoms with Crippen LogP contribution in [0, 0.1) is 5.41 Å². The molecule has 11 heavy (non-hydrogen) atoms. The van der Waals surface area contributed by atoms with Crippen LogP contribution in [0.4, 0.5) is 0 Å². The van der Waals surface area contributed by atoms with Crippen molar-refractivity contribution >= 4 is 0 Å². The van der Waals surface area contributed by atoms with E-state index >= 15 is 0 Å². The number of nitrogens with one attached hydrogen (secondary N) is 1. The van der Waals surface area contributed by atoms with Gasteiger partial charge in [0.05, 0.1) is 0 Å². The molecule has 0 saturated carbocycles. The molecule has 0 aromatic carbocycles. The molecule has 2 heteroatoms. The molecule has 2 N–H and O–H groups in total. The molecule has 0 aromatic heterocycles. The van der Waals surface area contributed by atoms with Crippen molar-refractivity contribution in [2.75, 3.05) is 6.54 Å². The van der Waals surface area contributed by atoms with Gasteiger partial charge in [0, 0.05) is 6.54 Å². The van der Waals surface area contributed by atoms with Crippen LogP contribution in [0.2, 0.25) is 0 Å². The smallest absolute Gasteiger partial charge is 0.0207 e. The van der Waals surface area contributed by atoms with E-state index in [9.17, 15) is 0 Å². The van der Waals surface area contributed by atoms with Crippen molar-refractivity contribution in [3.8, 4) is 0 Å². The zero-order chi connectivity index (χ0) is 8.74. The van der Waals surface area contributed by atoms with Crippen molar-refractivity contribution in [1.29, 1.82) is 0 Å². The topological polar surface area (TPSA) is 32.3 Å². The SMILES string of the molecule is CCC(C)(CC)CCCNO. The van der Waals surface area contributed by atoms with Crippen LogP contribution in [0.25, 0.3) is 0 Å². The largest absolute Gasteiger partial charge is 0.317 e. The molecule has 0 heterocycles. The standard InChI is InChI=1S/C9H21NO/c1-4-9(3,5-2)7-6-8-10-11/h10-11H,4-8H2,1-3H3. The van der Waals surface area contributed by atoms with E-state index in [-0.39, 0.29) is 0 Å². The minimum atomic E-state index is 0.483. The second-order valence-corrected chi connectivity index (χ2v) is 3.53. The molecular weight excluding hydrogens is 138 g/mol. The molecule has 0 radical (unpaired) electrons. The van der Waals surface area contributed by atoms with Crippen molar-refractivity contribution in [3.63, 3.8) is 0 Å². The summed E-state index contributed by atoms with van der Waals surface area (Å²) in [6, 6.07) is 0. The Hall–Kier alpha value is -0.0800. The second kappa shape index (κ2) is 5.56. The summed E-state index contributed by atoms with van der Waals surface area (Å²) in [6.07, 6.45) is 4.73. The van der Waals surface area contributed by atoms with Crippen molar-refractivity contribution < 1.29 is 5.21 Å². The molecule has 0 spiro atoms. The van der Waals surface area contributed by atoms with Crippen molar-refractivity contribution in [2.45, 2.75) is 46.5 Å². The van der Waals surface area contributed by atoms with Crippen LogP contribution in [0.3, 0.4) is 0 Å². The van der Waals surface area contributed by atoms with E-state index in [4.69, 9.17) is 5.21 Å². The molecule has 0 amide bonds. The molecule has 0 saturated heterocycles. The van der Waals surface area contributed by atoms with E-state index < -0.39 is 0 Å². The first-order chi connectivity index (χ1) is 5.18. The van der Waals surface area contributed by atoms with Crippen molar-refractivity contribution in [2.24, 2.45) is 5.41 Å². The Morgan fingerprint density at radius 2 is 1.82 bits per heavy atom. The van der Waals surface area contributed by atoms with Crippen LogP contribution in [0.15, 0.2) is 0 Å². The number of rotatable bonds is 6. The van der Waals surface area contributed by atoms with E-state index in [0.29, 0.717) is 5.41 Å². The molecule has 0 unspecified atom stereocenters. The second-order valence-electron chi connectivity index (χ2n) is 3.53. The van der Waals surface area contributed by atoms with Gasteiger partial charge in [0.15, 0.2) is 0 Å². The molecule has 0 aliphatic carbocycles. The predicted molar refractivity (Wildman–Crippen MR) is 47.7 cm³/mol. The van der Waals surface area contributed by atoms with E-state index in [0.717, 1.165) is 13.0 Å². The molecule has 0 atom stereocenters. The first-order valence-electron chi connectivity index (χ1n) is 4.55. The first-order valence-corrected chi connectivity index (χ1v) is 4.55. The van der Waals surface area contributed by atoms with Crippen LogP contribution in [-0.4, -0.2) is 11.8 Å². The minimum absolute atomic E-state index is 0.483. The predicted octanol–water partition coefficient (Wildman–Crippen LogP) is 2.57. The first kappa shape index (κ1) is 10.9. The Balaban J connectivity index is 3.51. The monoisotopic (exact) mass is 159 g/mol. The quantitative estimate of drug-likeness (QED) is 0.461. The molecule has 0 bridgehead atoms. The summed E-state index contributed by atoms with van der Waals surface area (Å²) in [4.78, 5) is 0. The van der Waals surface area contributed by atoms with Gasteiger partial charge in [-0.25, -0.2) is 5.48 Å². The number of hydrogen-bond acceptors (Lipinski definition) is 2. The maximum Gasteiger partial charge on any atom is 0.0207 e. The number of hydrogen-bond donors (Lipinski definition) is 2. The molecule has 0 aliphatic rings. The summed E-state index contributed by atoms with van der Waals surface area (Å²) in [7, 11) is 0. The maximum absolute atomic E-state index is 8.36. The third-order valence-corrected chi connectivity index (χ3v) is 2.78. The maximum atomic E-state index is 8.36. The highest BCUT2D eigenvalue weighted by Gasteiger charge is 2.18. The Morgan fingerprint density at radius 3 is 2.18 bits per heavy atom. The summed E-state index contributed by atoms with van der Waals surface area (Å²) < 4.78 is 0. The lowest BCUT2D eigenvalue weighted by Crippen LogP contribution is -2.17. The molecule has 0 aliphatic heterocycles. The van der Waals surface area contributed by atoms with Gasteiger partial charge in [-0.1, -0.05) is 33.6 Å². The van der Waals surface area contributed by atoms with E-state index in [1.54, 1.807) is 0 Å². The van der Waals surface area contributed by atoms with Crippen molar-refractivity contribution in [1.82, 2.24) is 5.48 Å². The van der Waals surface area contributed by atoms with Gasteiger partial charge in [-0.2, -0.15) is 0 Å². The lowest BCUT2D eigenvalue weighted by molar-refractivity contribution is 0.155. The molecule has 0 aromatic rings. The molecule has 2 nitrogen and oxygen atoms in total. The highest BCUT2D eigenvalue weighted by molar-refractivity contribution is 4.70. The fourth-order valence-electron chi connectivity index (χ4n) is 1.20. The van der Waals surface area contributed by atoms with E-state index in [1.165, 1.54) is 19.3 Å². The van der Waals surface area contributed by atoms with Gasteiger partial charge in [0.2, 0.25) is 0 Å². The minimum Gasteiger partial charge on any atom is -0.317 e. The van der Waals surface area contributed by atoms with Gasteiger partial charge in [-0.15, -0.1) is 0 Å². The van der Waals surface area contributed by atoms with E-state index in [1.807, 2.05) is 0 Å². The normalized spacial score (nSPS) is 12.0. The fraction of sp³-hybridized carbons (Fsp3) is 1.00. The Morgan fingerprint density at radius 1 is 1.27 bits per heavy atom. The van der Waals surface area contributed by atoms with Crippen LogP contribution in [0.5, 0.6) is 0 Å². The summed E-state index contributed by atoms with van der Waals surface area (Å²) in [6.45, 7) is 7.49. The molecule has 0 rings (SSSR count). The number of hydroxylamine groups is 1. The Bertz CT molecular complexity index is 89.6. The third-order valence-electron chi connectivity index (χ3n) is 2.78. The molecular formula is C9H21NO. The fourth-order valence-corrected chi connectivity index (χ4v) is 1.20. The average molecular weight is 159 g/mol. The van der Waals surface area contributed by atoms with Crippen molar-refractivity contribution in [3.05, 3.63) is 0 Å². The average Bonchev–Trinajstić information content (AvgIpc) is 2.05. The van der Waals surface area contributed by atoms with Gasteiger partial charge in [0.1, 0.15) is 0 Å². The Kier molecular flexibility index (Phi) is 5.51. The molecule has 68 valence electrons. The van der Waals surface area contributed by atoms with Crippen LogP contribution in [-0.2, 0) is 0 Å². The summed E-state index contributed by atoms with van der Waals surface area (Å²) in [5.74, 6) is 0. The highest BCUT2D eigenvalue weighted by Crippen LogP contribution is 2.30. The Labute approximate surface area is 70.0 Å². The van der Waals surface area contributed by atoms with Crippen LogP contribution < -0.4 is 5.48 Å². The lowest BCUT2D eigenvalue weighted by Gasteiger charge is -2.26. The van der Waals surface area contributed by atoms with Gasteiger partial charge < -0.3 is 5.21 Å². The zero-order valence-corrected chi connectivity index (χ0v) is 7.98. The summed E-state index contributed by atoms with van der Waals surface area (Å²) >= 11 is 0. The zero-order valence-electron chi connectivity index (χ0n) is 7.98. The van der Waals surface area contributed by atoms with Crippen LogP contribution in [0.1, 0.15) is 46.5 Å². The summed E-state index contributed by atoms with van der Waals surface area (Å²) in [5.41, 5.74) is 2.67.